The fraction of sp³-hybridized carbons (Fsp3) is 0.500. The second kappa shape index (κ2) is 7.78. The third kappa shape index (κ3) is 5.05. The number of halogens is 1. The van der Waals surface area contributed by atoms with Crippen LogP contribution < -0.4 is 5.32 Å². The number of amides is 1. The van der Waals surface area contributed by atoms with Gasteiger partial charge in [0.25, 0.3) is 0 Å². The van der Waals surface area contributed by atoms with E-state index >= 15 is 0 Å². The summed E-state index contributed by atoms with van der Waals surface area (Å²) in [4.78, 5) is 11.7. The molecular weight excluding hydrogens is 282 g/mol. The van der Waals surface area contributed by atoms with Crippen LogP contribution in [0.2, 0.25) is 5.02 Å². The highest BCUT2D eigenvalue weighted by atomic mass is 35.5. The van der Waals surface area contributed by atoms with Crippen molar-refractivity contribution in [3.05, 3.63) is 34.9 Å². The van der Waals surface area contributed by atoms with Crippen LogP contribution in [0.1, 0.15) is 18.4 Å². The normalized spacial score (nSPS) is 16.3. The van der Waals surface area contributed by atoms with Crippen LogP contribution in [-0.2, 0) is 16.1 Å². The van der Waals surface area contributed by atoms with Crippen molar-refractivity contribution in [2.75, 3.05) is 18.1 Å². The van der Waals surface area contributed by atoms with E-state index in [4.69, 9.17) is 16.3 Å². The van der Waals surface area contributed by atoms with Crippen molar-refractivity contribution in [2.24, 2.45) is 0 Å². The Labute approximate surface area is 123 Å². The number of hydrogen-bond donors (Lipinski definition) is 1. The molecule has 1 aromatic rings. The summed E-state index contributed by atoms with van der Waals surface area (Å²) in [6, 6.07) is 7.82. The topological polar surface area (TPSA) is 38.3 Å². The Morgan fingerprint density at radius 2 is 2.11 bits per heavy atom. The molecule has 1 aliphatic rings. The first-order valence-electron chi connectivity index (χ1n) is 6.44. The van der Waals surface area contributed by atoms with E-state index in [1.165, 1.54) is 0 Å². The zero-order valence-corrected chi connectivity index (χ0v) is 12.3. The van der Waals surface area contributed by atoms with Gasteiger partial charge in [0.2, 0.25) is 5.91 Å². The van der Waals surface area contributed by atoms with Crippen molar-refractivity contribution in [2.45, 2.75) is 25.5 Å². The molecule has 0 radical (unpaired) electrons. The van der Waals surface area contributed by atoms with Crippen molar-refractivity contribution in [1.82, 2.24) is 5.32 Å². The SMILES string of the molecule is O=C(COCc1ccccc1Cl)NC1CCSCC1. The number of hydrogen-bond acceptors (Lipinski definition) is 3. The van der Waals surface area contributed by atoms with Gasteiger partial charge in [0.1, 0.15) is 6.61 Å². The van der Waals surface area contributed by atoms with E-state index in [9.17, 15) is 4.79 Å². The van der Waals surface area contributed by atoms with Crippen molar-refractivity contribution < 1.29 is 9.53 Å². The fourth-order valence-electron chi connectivity index (χ4n) is 1.98. The second-order valence-corrected chi connectivity index (χ2v) is 6.17. The molecule has 104 valence electrons. The fourth-order valence-corrected chi connectivity index (χ4v) is 3.28. The van der Waals surface area contributed by atoms with Crippen molar-refractivity contribution >= 4 is 29.3 Å². The average molecular weight is 300 g/mol. The number of nitrogens with one attached hydrogen (secondary N) is 1. The number of thioether (sulfide) groups is 1. The molecule has 1 fully saturated rings. The summed E-state index contributed by atoms with van der Waals surface area (Å²) >= 11 is 7.96. The van der Waals surface area contributed by atoms with Gasteiger partial charge in [0, 0.05) is 11.1 Å². The lowest BCUT2D eigenvalue weighted by Crippen LogP contribution is -2.39. The summed E-state index contributed by atoms with van der Waals surface area (Å²) < 4.78 is 5.40. The van der Waals surface area contributed by atoms with Crippen LogP contribution >= 0.6 is 23.4 Å². The first-order chi connectivity index (χ1) is 9.25. The van der Waals surface area contributed by atoms with Gasteiger partial charge in [0.05, 0.1) is 6.61 Å². The predicted octanol–water partition coefficient (Wildman–Crippen LogP) is 2.87. The van der Waals surface area contributed by atoms with Crippen molar-refractivity contribution in [3.8, 4) is 0 Å². The first-order valence-corrected chi connectivity index (χ1v) is 7.97. The van der Waals surface area contributed by atoms with Crippen LogP contribution in [0.5, 0.6) is 0 Å². The Balaban J connectivity index is 1.67. The number of ether oxygens (including phenoxy) is 1. The van der Waals surface area contributed by atoms with Gasteiger partial charge in [-0.2, -0.15) is 11.8 Å². The lowest BCUT2D eigenvalue weighted by atomic mass is 10.1. The molecule has 1 amide bonds. The molecule has 0 aromatic heterocycles. The monoisotopic (exact) mass is 299 g/mol. The Bertz CT molecular complexity index is 422. The van der Waals surface area contributed by atoms with Crippen LogP contribution in [0.25, 0.3) is 0 Å². The highest BCUT2D eigenvalue weighted by Crippen LogP contribution is 2.17. The van der Waals surface area contributed by atoms with Gasteiger partial charge >= 0.3 is 0 Å². The molecule has 1 aliphatic heterocycles. The molecular formula is C14H18ClNO2S. The summed E-state index contributed by atoms with van der Waals surface area (Å²) in [6.07, 6.45) is 2.11. The largest absolute Gasteiger partial charge is 0.367 e. The molecule has 1 N–H and O–H groups in total. The Hall–Kier alpha value is -0.710. The molecule has 1 saturated heterocycles. The van der Waals surface area contributed by atoms with Gasteiger partial charge in [-0.25, -0.2) is 0 Å². The summed E-state index contributed by atoms with van der Waals surface area (Å²) in [5, 5.41) is 3.68. The lowest BCUT2D eigenvalue weighted by molar-refractivity contribution is -0.126. The lowest BCUT2D eigenvalue weighted by Gasteiger charge is -2.22. The van der Waals surface area contributed by atoms with Crippen molar-refractivity contribution in [3.63, 3.8) is 0 Å². The van der Waals surface area contributed by atoms with Crippen LogP contribution in [0, 0.1) is 0 Å². The number of carbonyl (C=O) groups excluding carboxylic acids is 1. The summed E-state index contributed by atoms with van der Waals surface area (Å²) in [5.41, 5.74) is 0.908. The zero-order valence-electron chi connectivity index (χ0n) is 10.7. The molecule has 3 nitrogen and oxygen atoms in total. The maximum absolute atomic E-state index is 11.7. The first kappa shape index (κ1) is 14.7. The highest BCUT2D eigenvalue weighted by Gasteiger charge is 2.15. The van der Waals surface area contributed by atoms with E-state index in [0.29, 0.717) is 17.7 Å². The van der Waals surface area contributed by atoms with Crippen LogP contribution in [0.15, 0.2) is 24.3 Å². The third-order valence-corrected chi connectivity index (χ3v) is 4.45. The predicted molar refractivity (Wildman–Crippen MR) is 79.6 cm³/mol. The van der Waals surface area contributed by atoms with Crippen LogP contribution in [0.3, 0.4) is 0 Å². The minimum absolute atomic E-state index is 0.0380. The summed E-state index contributed by atoms with van der Waals surface area (Å²) in [6.45, 7) is 0.461. The quantitative estimate of drug-likeness (QED) is 0.908. The number of rotatable bonds is 5. The standard InChI is InChI=1S/C14H18ClNO2S/c15-13-4-2-1-3-11(13)9-18-10-14(17)16-12-5-7-19-8-6-12/h1-4,12H,5-10H2,(H,16,17). The molecule has 0 saturated carbocycles. The molecule has 2 rings (SSSR count). The molecule has 19 heavy (non-hydrogen) atoms. The van der Waals surface area contributed by atoms with Crippen LogP contribution in [-0.4, -0.2) is 30.1 Å². The van der Waals surface area contributed by atoms with Crippen LogP contribution in [0.4, 0.5) is 0 Å². The highest BCUT2D eigenvalue weighted by molar-refractivity contribution is 7.99. The Morgan fingerprint density at radius 1 is 1.37 bits per heavy atom. The minimum atomic E-state index is -0.0380. The van der Waals surface area contributed by atoms with Gasteiger partial charge in [-0.1, -0.05) is 29.8 Å². The smallest absolute Gasteiger partial charge is 0.246 e. The van der Waals surface area contributed by atoms with E-state index in [-0.39, 0.29) is 12.5 Å². The maximum Gasteiger partial charge on any atom is 0.246 e. The van der Waals surface area contributed by atoms with E-state index in [1.807, 2.05) is 36.0 Å². The summed E-state index contributed by atoms with van der Waals surface area (Å²) in [5.74, 6) is 2.22. The molecule has 0 unspecified atom stereocenters. The van der Waals surface area contributed by atoms with Gasteiger partial charge in [-0.3, -0.25) is 4.79 Å². The molecule has 1 heterocycles. The third-order valence-electron chi connectivity index (χ3n) is 3.03. The number of carbonyl (C=O) groups is 1. The van der Waals surface area contributed by atoms with E-state index in [2.05, 4.69) is 5.32 Å². The molecule has 0 spiro atoms. The number of benzene rings is 1. The molecule has 0 bridgehead atoms. The zero-order chi connectivity index (χ0) is 13.5. The van der Waals surface area contributed by atoms with Gasteiger partial charge in [-0.05, 0) is 36.0 Å². The molecule has 5 heteroatoms. The van der Waals surface area contributed by atoms with E-state index < -0.39 is 0 Å². The van der Waals surface area contributed by atoms with Gasteiger partial charge < -0.3 is 10.1 Å². The Morgan fingerprint density at radius 3 is 2.84 bits per heavy atom. The van der Waals surface area contributed by atoms with Gasteiger partial charge in [0.15, 0.2) is 0 Å². The Kier molecular flexibility index (Phi) is 6.01. The van der Waals surface area contributed by atoms with Gasteiger partial charge in [-0.15, -0.1) is 0 Å². The maximum atomic E-state index is 11.7. The second-order valence-electron chi connectivity index (χ2n) is 4.54. The minimum Gasteiger partial charge on any atom is -0.367 e. The molecule has 0 atom stereocenters. The summed E-state index contributed by atoms with van der Waals surface area (Å²) in [7, 11) is 0. The van der Waals surface area contributed by atoms with E-state index in [1.54, 1.807) is 0 Å². The molecule has 1 aromatic carbocycles. The average Bonchev–Trinajstić information content (AvgIpc) is 2.42. The molecule has 0 aliphatic carbocycles. The van der Waals surface area contributed by atoms with E-state index in [0.717, 1.165) is 29.9 Å². The van der Waals surface area contributed by atoms with Crippen molar-refractivity contribution in [1.29, 1.82) is 0 Å².